The second kappa shape index (κ2) is 6.20. The van der Waals surface area contributed by atoms with Crippen LogP contribution in [-0.2, 0) is 9.84 Å². The molecule has 92 valence electrons. The van der Waals surface area contributed by atoms with E-state index < -0.39 is 15.9 Å². The molecule has 0 radical (unpaired) electrons. The summed E-state index contributed by atoms with van der Waals surface area (Å²) < 4.78 is 22.9. The van der Waals surface area contributed by atoms with Crippen LogP contribution in [-0.4, -0.2) is 25.9 Å². The van der Waals surface area contributed by atoms with Gasteiger partial charge in [0.25, 0.3) is 0 Å². The molecule has 3 N–H and O–H groups in total. The number of aliphatic hydroxyl groups excluding tert-OH is 1. The largest absolute Gasteiger partial charge is 0.394 e. The Hall–Kier alpha value is -0.620. The van der Waals surface area contributed by atoms with E-state index in [2.05, 4.69) is 0 Å². The molecule has 0 unspecified atom stereocenters. The number of hydrogen-bond acceptors (Lipinski definition) is 4. The molecule has 0 aliphatic rings. The lowest BCUT2D eigenvalue weighted by atomic mass is 10.1. The second-order valence-corrected chi connectivity index (χ2v) is 5.54. The molecule has 0 aliphatic heterocycles. The zero-order valence-electron chi connectivity index (χ0n) is 8.96. The molecule has 0 saturated heterocycles. The number of hydrogen-bond donors (Lipinski definition) is 2. The van der Waals surface area contributed by atoms with Gasteiger partial charge >= 0.3 is 0 Å². The molecule has 1 atom stereocenters. The van der Waals surface area contributed by atoms with Crippen molar-refractivity contribution in [2.45, 2.75) is 17.9 Å². The Bertz CT molecular complexity index is 416. The number of benzene rings is 1. The van der Waals surface area contributed by atoms with Crippen molar-refractivity contribution in [1.82, 2.24) is 0 Å². The third-order valence-corrected chi connectivity index (χ3v) is 3.99. The van der Waals surface area contributed by atoms with Crippen molar-refractivity contribution in [2.24, 2.45) is 5.73 Å². The maximum absolute atomic E-state index is 11.5. The van der Waals surface area contributed by atoms with Crippen molar-refractivity contribution < 1.29 is 13.5 Å². The first kappa shape index (κ1) is 15.4. The molecule has 0 aliphatic carbocycles. The van der Waals surface area contributed by atoms with E-state index in [1.165, 1.54) is 12.1 Å². The van der Waals surface area contributed by atoms with Crippen LogP contribution in [0.3, 0.4) is 0 Å². The molecule has 0 saturated carbocycles. The lowest BCUT2D eigenvalue weighted by molar-refractivity contribution is 0.268. The molecule has 4 nitrogen and oxygen atoms in total. The standard InChI is InChI=1S/C10H15NO3S.ClH/c1-2-15(13,14)9-5-3-8(4-6-9)10(11)7-12;/h3-6,10,12H,2,7,11H2,1H3;1H/t10-;/m1./s1. The van der Waals surface area contributed by atoms with Crippen LogP contribution in [0.5, 0.6) is 0 Å². The summed E-state index contributed by atoms with van der Waals surface area (Å²) in [6, 6.07) is 5.84. The first-order valence-electron chi connectivity index (χ1n) is 4.70. The van der Waals surface area contributed by atoms with Gasteiger partial charge in [-0.15, -0.1) is 12.4 Å². The average Bonchev–Trinajstić information content (AvgIpc) is 2.28. The molecular weight excluding hydrogens is 250 g/mol. The van der Waals surface area contributed by atoms with Crippen molar-refractivity contribution in [3.63, 3.8) is 0 Å². The lowest BCUT2D eigenvalue weighted by Crippen LogP contribution is -2.14. The Labute approximate surface area is 102 Å². The van der Waals surface area contributed by atoms with E-state index in [0.717, 1.165) is 5.56 Å². The van der Waals surface area contributed by atoms with Gasteiger partial charge in [-0.2, -0.15) is 0 Å². The van der Waals surface area contributed by atoms with Gasteiger partial charge in [0.1, 0.15) is 0 Å². The monoisotopic (exact) mass is 265 g/mol. The number of sulfone groups is 1. The van der Waals surface area contributed by atoms with Crippen LogP contribution in [0.25, 0.3) is 0 Å². The lowest BCUT2D eigenvalue weighted by Gasteiger charge is -2.09. The molecule has 0 spiro atoms. The van der Waals surface area contributed by atoms with Crippen molar-refractivity contribution in [1.29, 1.82) is 0 Å². The highest BCUT2D eigenvalue weighted by atomic mass is 35.5. The maximum atomic E-state index is 11.5. The molecule has 1 aromatic carbocycles. The van der Waals surface area contributed by atoms with E-state index in [4.69, 9.17) is 10.8 Å². The summed E-state index contributed by atoms with van der Waals surface area (Å²) >= 11 is 0. The third-order valence-electron chi connectivity index (χ3n) is 2.24. The molecule has 16 heavy (non-hydrogen) atoms. The van der Waals surface area contributed by atoms with Crippen LogP contribution in [0.15, 0.2) is 29.2 Å². The van der Waals surface area contributed by atoms with Crippen LogP contribution in [0.2, 0.25) is 0 Å². The predicted molar refractivity (Wildman–Crippen MR) is 65.4 cm³/mol. The van der Waals surface area contributed by atoms with Crippen LogP contribution >= 0.6 is 12.4 Å². The van der Waals surface area contributed by atoms with E-state index in [1.54, 1.807) is 19.1 Å². The predicted octanol–water partition coefficient (Wildman–Crippen LogP) is 0.894. The summed E-state index contributed by atoms with van der Waals surface area (Å²) in [5.74, 6) is 0.0817. The zero-order valence-corrected chi connectivity index (χ0v) is 10.6. The minimum Gasteiger partial charge on any atom is -0.394 e. The SMILES string of the molecule is CCS(=O)(=O)c1ccc([C@H](N)CO)cc1.Cl. The highest BCUT2D eigenvalue weighted by Gasteiger charge is 2.12. The smallest absolute Gasteiger partial charge is 0.178 e. The van der Waals surface area contributed by atoms with E-state index in [1.807, 2.05) is 0 Å². The zero-order chi connectivity index (χ0) is 11.5. The van der Waals surface area contributed by atoms with Crippen molar-refractivity contribution in [2.75, 3.05) is 12.4 Å². The van der Waals surface area contributed by atoms with Crippen LogP contribution in [0, 0.1) is 0 Å². The maximum Gasteiger partial charge on any atom is 0.178 e. The minimum absolute atomic E-state index is 0. The minimum atomic E-state index is -3.15. The quantitative estimate of drug-likeness (QED) is 0.847. The van der Waals surface area contributed by atoms with Crippen LogP contribution in [0.1, 0.15) is 18.5 Å². The molecule has 1 rings (SSSR count). The Kier molecular flexibility index (Phi) is 5.96. The van der Waals surface area contributed by atoms with Gasteiger partial charge in [-0.3, -0.25) is 0 Å². The molecule has 0 heterocycles. The molecule has 6 heteroatoms. The fourth-order valence-electron chi connectivity index (χ4n) is 1.19. The number of nitrogens with two attached hydrogens (primary N) is 1. The Morgan fingerprint density at radius 3 is 2.19 bits per heavy atom. The van der Waals surface area contributed by atoms with E-state index >= 15 is 0 Å². The second-order valence-electron chi connectivity index (χ2n) is 3.26. The van der Waals surface area contributed by atoms with Crippen molar-refractivity contribution in [3.8, 4) is 0 Å². The number of halogens is 1. The summed E-state index contributed by atoms with van der Waals surface area (Å²) in [6.07, 6.45) is 0. The molecule has 0 amide bonds. The summed E-state index contributed by atoms with van der Waals surface area (Å²) in [4.78, 5) is 0.291. The summed E-state index contributed by atoms with van der Waals surface area (Å²) in [5.41, 5.74) is 6.32. The average molecular weight is 266 g/mol. The molecule has 0 bridgehead atoms. The molecule has 0 aromatic heterocycles. The van der Waals surface area contributed by atoms with E-state index in [9.17, 15) is 8.42 Å². The fraction of sp³-hybridized carbons (Fsp3) is 0.400. The van der Waals surface area contributed by atoms with Crippen LogP contribution in [0.4, 0.5) is 0 Å². The summed E-state index contributed by atoms with van der Waals surface area (Å²) in [7, 11) is -3.15. The normalized spacial score (nSPS) is 12.9. The highest BCUT2D eigenvalue weighted by molar-refractivity contribution is 7.91. The fourth-order valence-corrected chi connectivity index (χ4v) is 2.08. The van der Waals surface area contributed by atoms with Gasteiger partial charge in [0.2, 0.25) is 0 Å². The number of rotatable bonds is 4. The molecule has 1 aromatic rings. The van der Waals surface area contributed by atoms with Crippen LogP contribution < -0.4 is 5.73 Å². The van der Waals surface area contributed by atoms with Crippen molar-refractivity contribution >= 4 is 22.2 Å². The summed E-state index contributed by atoms with van der Waals surface area (Å²) in [5, 5.41) is 8.82. The topological polar surface area (TPSA) is 80.4 Å². The van der Waals surface area contributed by atoms with Gasteiger partial charge in [-0.05, 0) is 17.7 Å². The molecule has 0 fully saturated rings. The Morgan fingerprint density at radius 2 is 1.81 bits per heavy atom. The van der Waals surface area contributed by atoms with Gasteiger partial charge < -0.3 is 10.8 Å². The first-order chi connectivity index (χ1) is 7.01. The van der Waals surface area contributed by atoms with Gasteiger partial charge in [-0.1, -0.05) is 19.1 Å². The van der Waals surface area contributed by atoms with Gasteiger partial charge in [-0.25, -0.2) is 8.42 Å². The highest BCUT2D eigenvalue weighted by Crippen LogP contribution is 2.15. The van der Waals surface area contributed by atoms with E-state index in [0.29, 0.717) is 4.90 Å². The van der Waals surface area contributed by atoms with Crippen molar-refractivity contribution in [3.05, 3.63) is 29.8 Å². The Balaban J connectivity index is 0.00000225. The summed E-state index contributed by atoms with van der Waals surface area (Å²) in [6.45, 7) is 1.45. The van der Waals surface area contributed by atoms with E-state index in [-0.39, 0.29) is 24.8 Å². The molecular formula is C10H16ClNO3S. The third kappa shape index (κ3) is 3.45. The van der Waals surface area contributed by atoms with Gasteiger partial charge in [0, 0.05) is 0 Å². The Morgan fingerprint density at radius 1 is 1.31 bits per heavy atom. The van der Waals surface area contributed by atoms with Gasteiger partial charge in [0.05, 0.1) is 23.3 Å². The number of aliphatic hydroxyl groups is 1. The first-order valence-corrected chi connectivity index (χ1v) is 6.35. The van der Waals surface area contributed by atoms with Gasteiger partial charge in [0.15, 0.2) is 9.84 Å².